The van der Waals surface area contributed by atoms with Crippen LogP contribution in [0.5, 0.6) is 11.6 Å². The Morgan fingerprint density at radius 3 is 3.00 bits per heavy atom. The Kier molecular flexibility index (Phi) is 4.30. The van der Waals surface area contributed by atoms with Gasteiger partial charge in [-0.05, 0) is 19.1 Å². The standard InChI is InChI=1S/C13H12ClN3O2/c1-2-15-13(18)10-4-3-5-12(17-10)19-9-6-7-16-11(14)8-9/h3-8H,2H2,1H3,(H,15,18). The Labute approximate surface area is 115 Å². The lowest BCUT2D eigenvalue weighted by Gasteiger charge is -2.06. The van der Waals surface area contributed by atoms with Crippen LogP contribution >= 0.6 is 11.6 Å². The van der Waals surface area contributed by atoms with Gasteiger partial charge in [0, 0.05) is 24.9 Å². The van der Waals surface area contributed by atoms with E-state index < -0.39 is 0 Å². The molecule has 0 atom stereocenters. The van der Waals surface area contributed by atoms with Crippen LogP contribution in [-0.2, 0) is 0 Å². The number of halogens is 1. The van der Waals surface area contributed by atoms with Gasteiger partial charge < -0.3 is 10.1 Å². The molecule has 0 aliphatic heterocycles. The second-order valence-corrected chi connectivity index (χ2v) is 4.02. The fourth-order valence-corrected chi connectivity index (χ4v) is 1.58. The quantitative estimate of drug-likeness (QED) is 0.873. The highest BCUT2D eigenvalue weighted by molar-refractivity contribution is 6.29. The zero-order valence-corrected chi connectivity index (χ0v) is 11.0. The van der Waals surface area contributed by atoms with Crippen molar-refractivity contribution in [1.29, 1.82) is 0 Å². The van der Waals surface area contributed by atoms with Gasteiger partial charge in [-0.1, -0.05) is 17.7 Å². The summed E-state index contributed by atoms with van der Waals surface area (Å²) >= 11 is 5.76. The molecule has 0 unspecified atom stereocenters. The van der Waals surface area contributed by atoms with E-state index in [1.807, 2.05) is 6.92 Å². The Morgan fingerprint density at radius 1 is 1.42 bits per heavy atom. The van der Waals surface area contributed by atoms with E-state index in [0.717, 1.165) is 0 Å². The summed E-state index contributed by atoms with van der Waals surface area (Å²) in [4.78, 5) is 19.6. The SMILES string of the molecule is CCNC(=O)c1cccc(Oc2ccnc(Cl)c2)n1. The third kappa shape index (κ3) is 3.66. The topological polar surface area (TPSA) is 64.1 Å². The minimum absolute atomic E-state index is 0.235. The zero-order valence-electron chi connectivity index (χ0n) is 10.3. The maximum atomic E-state index is 11.6. The average Bonchev–Trinajstić information content (AvgIpc) is 2.39. The summed E-state index contributed by atoms with van der Waals surface area (Å²) < 4.78 is 5.51. The molecule has 19 heavy (non-hydrogen) atoms. The van der Waals surface area contributed by atoms with Gasteiger partial charge in [-0.3, -0.25) is 4.79 Å². The molecule has 6 heteroatoms. The molecule has 0 saturated carbocycles. The van der Waals surface area contributed by atoms with E-state index in [9.17, 15) is 4.79 Å². The first-order valence-electron chi connectivity index (χ1n) is 5.73. The number of nitrogens with one attached hydrogen (secondary N) is 1. The maximum absolute atomic E-state index is 11.6. The van der Waals surface area contributed by atoms with Gasteiger partial charge in [0.05, 0.1) is 0 Å². The van der Waals surface area contributed by atoms with Crippen LogP contribution in [0.4, 0.5) is 0 Å². The second kappa shape index (κ2) is 6.15. The highest BCUT2D eigenvalue weighted by Gasteiger charge is 2.07. The van der Waals surface area contributed by atoms with Gasteiger partial charge in [-0.15, -0.1) is 0 Å². The molecule has 2 heterocycles. The summed E-state index contributed by atoms with van der Waals surface area (Å²) in [6.45, 7) is 2.39. The molecule has 0 saturated heterocycles. The summed E-state index contributed by atoms with van der Waals surface area (Å²) in [6, 6.07) is 8.22. The van der Waals surface area contributed by atoms with Crippen molar-refractivity contribution in [2.24, 2.45) is 0 Å². The Bertz CT molecular complexity index is 590. The normalized spacial score (nSPS) is 10.0. The van der Waals surface area contributed by atoms with Gasteiger partial charge in [0.1, 0.15) is 16.6 Å². The van der Waals surface area contributed by atoms with E-state index in [-0.39, 0.29) is 5.91 Å². The van der Waals surface area contributed by atoms with Crippen LogP contribution in [0.2, 0.25) is 5.15 Å². The maximum Gasteiger partial charge on any atom is 0.270 e. The fourth-order valence-electron chi connectivity index (χ4n) is 1.42. The smallest absolute Gasteiger partial charge is 0.270 e. The minimum atomic E-state index is -0.235. The number of ether oxygens (including phenoxy) is 1. The molecule has 0 spiro atoms. The number of hydrogen-bond acceptors (Lipinski definition) is 4. The molecule has 0 fully saturated rings. The van der Waals surface area contributed by atoms with Crippen LogP contribution in [0.1, 0.15) is 17.4 Å². The number of carbonyl (C=O) groups is 1. The monoisotopic (exact) mass is 277 g/mol. The van der Waals surface area contributed by atoms with Crippen molar-refractivity contribution >= 4 is 17.5 Å². The zero-order chi connectivity index (χ0) is 13.7. The second-order valence-electron chi connectivity index (χ2n) is 3.64. The van der Waals surface area contributed by atoms with Crippen LogP contribution in [0, 0.1) is 0 Å². The number of rotatable bonds is 4. The van der Waals surface area contributed by atoms with E-state index >= 15 is 0 Å². The molecule has 2 aromatic heterocycles. The summed E-state index contributed by atoms with van der Waals surface area (Å²) in [5.74, 6) is 0.604. The van der Waals surface area contributed by atoms with Crippen molar-refractivity contribution in [3.8, 4) is 11.6 Å². The molecule has 0 bridgehead atoms. The first kappa shape index (κ1) is 13.3. The van der Waals surface area contributed by atoms with E-state index in [0.29, 0.717) is 29.0 Å². The van der Waals surface area contributed by atoms with E-state index in [1.54, 1.807) is 30.3 Å². The predicted molar refractivity (Wildman–Crippen MR) is 71.6 cm³/mol. The molecule has 2 aromatic rings. The molecular formula is C13H12ClN3O2. The van der Waals surface area contributed by atoms with Crippen LogP contribution < -0.4 is 10.1 Å². The molecule has 98 valence electrons. The van der Waals surface area contributed by atoms with Crippen molar-refractivity contribution in [1.82, 2.24) is 15.3 Å². The van der Waals surface area contributed by atoms with Gasteiger partial charge in [-0.25, -0.2) is 9.97 Å². The number of nitrogens with zero attached hydrogens (tertiary/aromatic N) is 2. The lowest BCUT2D eigenvalue weighted by atomic mass is 10.3. The van der Waals surface area contributed by atoms with Gasteiger partial charge in [0.25, 0.3) is 5.91 Å². The van der Waals surface area contributed by atoms with Crippen LogP contribution in [0.3, 0.4) is 0 Å². The Balaban J connectivity index is 2.17. The first-order valence-corrected chi connectivity index (χ1v) is 6.11. The molecule has 1 amide bonds. The molecular weight excluding hydrogens is 266 g/mol. The molecule has 0 aliphatic carbocycles. The third-order valence-corrected chi connectivity index (χ3v) is 2.42. The minimum Gasteiger partial charge on any atom is -0.439 e. The molecule has 2 rings (SSSR count). The summed E-state index contributed by atoms with van der Waals surface area (Å²) in [6.07, 6.45) is 1.53. The van der Waals surface area contributed by atoms with Crippen LogP contribution in [0.15, 0.2) is 36.5 Å². The van der Waals surface area contributed by atoms with Crippen molar-refractivity contribution in [2.75, 3.05) is 6.54 Å². The summed E-state index contributed by atoms with van der Waals surface area (Å²) in [5.41, 5.74) is 0.305. The van der Waals surface area contributed by atoms with E-state index in [2.05, 4.69) is 15.3 Å². The van der Waals surface area contributed by atoms with Gasteiger partial charge in [0.2, 0.25) is 5.88 Å². The van der Waals surface area contributed by atoms with E-state index in [4.69, 9.17) is 16.3 Å². The number of pyridine rings is 2. The Hall–Kier alpha value is -2.14. The van der Waals surface area contributed by atoms with Gasteiger partial charge in [-0.2, -0.15) is 0 Å². The van der Waals surface area contributed by atoms with E-state index in [1.165, 1.54) is 6.20 Å². The highest BCUT2D eigenvalue weighted by atomic mass is 35.5. The highest BCUT2D eigenvalue weighted by Crippen LogP contribution is 2.21. The first-order chi connectivity index (χ1) is 9.19. The molecule has 0 radical (unpaired) electrons. The third-order valence-electron chi connectivity index (χ3n) is 2.21. The number of amides is 1. The average molecular weight is 278 g/mol. The molecule has 1 N–H and O–H groups in total. The van der Waals surface area contributed by atoms with Crippen molar-refractivity contribution in [2.45, 2.75) is 6.92 Å². The predicted octanol–water partition coefficient (Wildman–Crippen LogP) is 2.67. The molecule has 0 aliphatic rings. The lowest BCUT2D eigenvalue weighted by Crippen LogP contribution is -2.23. The lowest BCUT2D eigenvalue weighted by molar-refractivity contribution is 0.0950. The fraction of sp³-hybridized carbons (Fsp3) is 0.154. The molecule has 0 aromatic carbocycles. The van der Waals surface area contributed by atoms with Gasteiger partial charge in [0.15, 0.2) is 0 Å². The number of aromatic nitrogens is 2. The molecule has 5 nitrogen and oxygen atoms in total. The number of hydrogen-bond donors (Lipinski definition) is 1. The summed E-state index contributed by atoms with van der Waals surface area (Å²) in [5, 5.41) is 3.00. The van der Waals surface area contributed by atoms with Crippen LogP contribution in [0.25, 0.3) is 0 Å². The van der Waals surface area contributed by atoms with Crippen molar-refractivity contribution in [3.05, 3.63) is 47.4 Å². The number of carbonyl (C=O) groups excluding carboxylic acids is 1. The van der Waals surface area contributed by atoms with Crippen LogP contribution in [-0.4, -0.2) is 22.4 Å². The Morgan fingerprint density at radius 2 is 2.26 bits per heavy atom. The van der Waals surface area contributed by atoms with Crippen molar-refractivity contribution in [3.63, 3.8) is 0 Å². The van der Waals surface area contributed by atoms with Gasteiger partial charge >= 0.3 is 0 Å². The largest absolute Gasteiger partial charge is 0.439 e. The summed E-state index contributed by atoms with van der Waals surface area (Å²) in [7, 11) is 0. The van der Waals surface area contributed by atoms with Crippen molar-refractivity contribution < 1.29 is 9.53 Å².